The van der Waals surface area contributed by atoms with Crippen molar-refractivity contribution < 1.29 is 27.8 Å². The number of benzene rings is 2. The maximum absolute atomic E-state index is 12.8. The molecule has 0 saturated carbocycles. The number of rotatable bonds is 9. The molecule has 9 nitrogen and oxygen atoms in total. The number of carbonyl (C=O) groups excluding carboxylic acids is 2. The molecule has 1 atom stereocenters. The highest BCUT2D eigenvalue weighted by Crippen LogP contribution is 2.34. The first kappa shape index (κ1) is 25.2. The van der Waals surface area contributed by atoms with Crippen LogP contribution in [-0.4, -0.2) is 50.8 Å². The molecular weight excluding hydrogens is 492 g/mol. The molecule has 0 saturated heterocycles. The topological polar surface area (TPSA) is 109 Å². The number of nitrogens with one attached hydrogen (secondary N) is 2. The number of hydrazone groups is 1. The van der Waals surface area contributed by atoms with Gasteiger partial charge in [0.25, 0.3) is 5.91 Å². The molecule has 1 aliphatic rings. The fraction of sp³-hybridized carbons (Fsp3) is 0.250. The summed E-state index contributed by atoms with van der Waals surface area (Å²) < 4.78 is 35.1. The van der Waals surface area contributed by atoms with Gasteiger partial charge in [0.15, 0.2) is 11.5 Å². The highest BCUT2D eigenvalue weighted by Gasteiger charge is 2.30. The van der Waals surface area contributed by atoms with Crippen molar-refractivity contribution in [1.29, 1.82) is 0 Å². The van der Waals surface area contributed by atoms with Crippen molar-refractivity contribution in [3.05, 3.63) is 71.8 Å². The molecule has 0 aliphatic carbocycles. The number of hydrogen-bond acceptors (Lipinski definition) is 7. The molecule has 1 unspecified atom stereocenters. The lowest BCUT2D eigenvalue weighted by Crippen LogP contribution is -2.34. The molecule has 1 aliphatic heterocycles. The third-order valence-electron chi connectivity index (χ3n) is 5.32. The Labute approximate surface area is 209 Å². The Balaban J connectivity index is 1.53. The highest BCUT2D eigenvalue weighted by molar-refractivity contribution is 8.14. The maximum atomic E-state index is 12.8. The van der Waals surface area contributed by atoms with E-state index in [1.807, 2.05) is 6.92 Å². The molecule has 0 spiro atoms. The standard InChI is InChI=1S/C24H23F2N5O4S/c1-3-20-21(15-6-9-18(35-23(25)26)19(10-15)34-2)30-31(24(33)36-20)12-14-4-7-16(8-5-14)29-22(32)17-11-27-13-28-17/h4-11,13,20,23H,3,12H2,1-2H3,(H,27,28)(H,29,32). The summed E-state index contributed by atoms with van der Waals surface area (Å²) in [6.07, 6.45) is 3.49. The van der Waals surface area contributed by atoms with Crippen LogP contribution in [0.2, 0.25) is 0 Å². The number of aromatic amines is 1. The van der Waals surface area contributed by atoms with Crippen LogP contribution in [0.1, 0.15) is 35.0 Å². The molecule has 0 fully saturated rings. The minimum atomic E-state index is -2.98. The highest BCUT2D eigenvalue weighted by atomic mass is 32.2. The van der Waals surface area contributed by atoms with E-state index < -0.39 is 6.61 Å². The maximum Gasteiger partial charge on any atom is 0.387 e. The second-order valence-corrected chi connectivity index (χ2v) is 8.84. The summed E-state index contributed by atoms with van der Waals surface area (Å²) in [5, 5.41) is 8.32. The van der Waals surface area contributed by atoms with Crippen molar-refractivity contribution in [3.63, 3.8) is 0 Å². The first-order chi connectivity index (χ1) is 17.4. The first-order valence-corrected chi connectivity index (χ1v) is 11.8. The van der Waals surface area contributed by atoms with E-state index in [9.17, 15) is 18.4 Å². The fourth-order valence-corrected chi connectivity index (χ4v) is 4.49. The van der Waals surface area contributed by atoms with Crippen LogP contribution in [0.25, 0.3) is 0 Å². The van der Waals surface area contributed by atoms with Gasteiger partial charge in [0, 0.05) is 11.3 Å². The van der Waals surface area contributed by atoms with Crippen molar-refractivity contribution in [2.24, 2.45) is 5.10 Å². The van der Waals surface area contributed by atoms with Gasteiger partial charge in [0.1, 0.15) is 5.69 Å². The van der Waals surface area contributed by atoms with Gasteiger partial charge >= 0.3 is 11.9 Å². The zero-order valence-electron chi connectivity index (χ0n) is 19.4. The Hall–Kier alpha value is -3.93. The van der Waals surface area contributed by atoms with E-state index in [4.69, 9.17) is 4.74 Å². The van der Waals surface area contributed by atoms with Gasteiger partial charge in [-0.1, -0.05) is 30.8 Å². The number of halogens is 2. The summed E-state index contributed by atoms with van der Waals surface area (Å²) in [4.78, 5) is 31.5. The number of alkyl halides is 2. The second-order valence-electron chi connectivity index (χ2n) is 7.68. The lowest BCUT2D eigenvalue weighted by Gasteiger charge is -2.28. The van der Waals surface area contributed by atoms with E-state index in [1.54, 1.807) is 36.4 Å². The monoisotopic (exact) mass is 515 g/mol. The zero-order chi connectivity index (χ0) is 25.7. The summed E-state index contributed by atoms with van der Waals surface area (Å²) in [6, 6.07) is 11.6. The molecule has 3 aromatic rings. The fourth-order valence-electron chi connectivity index (χ4n) is 3.56. The molecule has 0 bridgehead atoms. The predicted octanol–water partition coefficient (Wildman–Crippen LogP) is 5.12. The Bertz CT molecular complexity index is 1250. The van der Waals surface area contributed by atoms with E-state index in [0.717, 1.165) is 17.3 Å². The average Bonchev–Trinajstić information content (AvgIpc) is 3.41. The van der Waals surface area contributed by atoms with Crippen molar-refractivity contribution >= 4 is 34.3 Å². The Kier molecular flexibility index (Phi) is 7.84. The second kappa shape index (κ2) is 11.2. The number of hydrogen-bond donors (Lipinski definition) is 2. The van der Waals surface area contributed by atoms with E-state index in [1.165, 1.54) is 30.7 Å². The minimum Gasteiger partial charge on any atom is -0.493 e. The van der Waals surface area contributed by atoms with Gasteiger partial charge in [-0.15, -0.1) is 0 Å². The smallest absolute Gasteiger partial charge is 0.387 e. The van der Waals surface area contributed by atoms with Crippen LogP contribution in [0.15, 0.2) is 60.1 Å². The summed E-state index contributed by atoms with van der Waals surface area (Å²) in [5.41, 5.74) is 3.01. The molecule has 36 heavy (non-hydrogen) atoms. The van der Waals surface area contributed by atoms with Crippen LogP contribution < -0.4 is 14.8 Å². The third-order valence-corrected chi connectivity index (χ3v) is 6.57. The molecule has 2 amide bonds. The Morgan fingerprint density at radius 2 is 2.00 bits per heavy atom. The van der Waals surface area contributed by atoms with Crippen molar-refractivity contribution in [1.82, 2.24) is 15.0 Å². The lowest BCUT2D eigenvalue weighted by atomic mass is 10.0. The largest absolute Gasteiger partial charge is 0.493 e. The van der Waals surface area contributed by atoms with Crippen LogP contribution in [0.3, 0.4) is 0 Å². The van der Waals surface area contributed by atoms with Crippen molar-refractivity contribution in [2.45, 2.75) is 31.8 Å². The number of anilines is 1. The van der Waals surface area contributed by atoms with Crippen LogP contribution in [0.5, 0.6) is 11.5 Å². The summed E-state index contributed by atoms with van der Waals surface area (Å²) in [5.74, 6) is -0.254. The Morgan fingerprint density at radius 1 is 1.22 bits per heavy atom. The SMILES string of the molecule is CCC1SC(=O)N(Cc2ccc(NC(=O)c3cnc[nH]3)cc2)N=C1c1ccc(OC(F)F)c(OC)c1. The van der Waals surface area contributed by atoms with Crippen LogP contribution in [-0.2, 0) is 6.54 Å². The quantitative estimate of drug-likeness (QED) is 0.409. The normalized spacial score (nSPS) is 15.6. The molecule has 2 aromatic carbocycles. The van der Waals surface area contributed by atoms with Crippen molar-refractivity contribution in [2.75, 3.05) is 12.4 Å². The van der Waals surface area contributed by atoms with Crippen LogP contribution >= 0.6 is 11.8 Å². The van der Waals surface area contributed by atoms with E-state index in [2.05, 4.69) is 25.1 Å². The first-order valence-electron chi connectivity index (χ1n) is 11.0. The number of thioether (sulfide) groups is 1. The van der Waals surface area contributed by atoms with Crippen LogP contribution in [0, 0.1) is 0 Å². The molecule has 0 radical (unpaired) electrons. The third kappa shape index (κ3) is 5.82. The average molecular weight is 516 g/mol. The van der Waals surface area contributed by atoms with Gasteiger partial charge in [-0.3, -0.25) is 9.59 Å². The molecule has 2 heterocycles. The number of ether oxygens (including phenoxy) is 2. The van der Waals surface area contributed by atoms with Gasteiger partial charge in [0.2, 0.25) is 0 Å². The van der Waals surface area contributed by atoms with Gasteiger partial charge in [0.05, 0.1) is 37.1 Å². The number of aromatic nitrogens is 2. The van der Waals surface area contributed by atoms with E-state index >= 15 is 0 Å². The molecule has 1 aromatic heterocycles. The number of carbonyl (C=O) groups is 2. The zero-order valence-corrected chi connectivity index (χ0v) is 20.2. The molecule has 2 N–H and O–H groups in total. The summed E-state index contributed by atoms with van der Waals surface area (Å²) >= 11 is 1.15. The molecule has 4 rings (SSSR count). The molecular formula is C24H23F2N5O4S. The van der Waals surface area contributed by atoms with Gasteiger partial charge < -0.3 is 19.8 Å². The van der Waals surface area contributed by atoms with Gasteiger partial charge in [-0.2, -0.15) is 13.9 Å². The number of H-pyrrole nitrogens is 1. The minimum absolute atomic E-state index is 0.0824. The van der Waals surface area contributed by atoms with Gasteiger partial charge in [-0.25, -0.2) is 9.99 Å². The van der Waals surface area contributed by atoms with E-state index in [-0.39, 0.29) is 34.4 Å². The summed E-state index contributed by atoms with van der Waals surface area (Å²) in [7, 11) is 1.36. The lowest BCUT2D eigenvalue weighted by molar-refractivity contribution is -0.0512. The van der Waals surface area contributed by atoms with Crippen LogP contribution in [0.4, 0.5) is 19.3 Å². The molecule has 188 valence electrons. The van der Waals surface area contributed by atoms with Crippen molar-refractivity contribution in [3.8, 4) is 11.5 Å². The molecule has 12 heteroatoms. The van der Waals surface area contributed by atoms with E-state index in [0.29, 0.717) is 29.1 Å². The number of nitrogens with zero attached hydrogens (tertiary/aromatic N) is 3. The number of amides is 2. The summed E-state index contributed by atoms with van der Waals surface area (Å²) in [6.45, 7) is -0.823. The number of imidazole rings is 1. The van der Waals surface area contributed by atoms with Gasteiger partial charge in [-0.05, 0) is 42.3 Å². The predicted molar refractivity (Wildman–Crippen MR) is 132 cm³/mol. The number of methoxy groups -OCH3 is 1. The Morgan fingerprint density at radius 3 is 2.64 bits per heavy atom.